The normalized spacial score (nSPS) is 10.6. The van der Waals surface area contributed by atoms with Crippen LogP contribution in [0.1, 0.15) is 5.56 Å². The van der Waals surface area contributed by atoms with Gasteiger partial charge >= 0.3 is 0 Å². The molecule has 2 aromatic carbocycles. The Balaban J connectivity index is 1.79. The molecule has 0 radical (unpaired) electrons. The van der Waals surface area contributed by atoms with Gasteiger partial charge in [0.05, 0.1) is 14.2 Å². The molecule has 1 aromatic heterocycles. The van der Waals surface area contributed by atoms with Gasteiger partial charge in [-0.2, -0.15) is 0 Å². The monoisotopic (exact) mass is 283 g/mol. The van der Waals surface area contributed by atoms with Crippen LogP contribution in [0.4, 0.5) is 0 Å². The van der Waals surface area contributed by atoms with Gasteiger partial charge in [-0.3, -0.25) is 0 Å². The van der Waals surface area contributed by atoms with Crippen molar-refractivity contribution in [1.82, 2.24) is 4.98 Å². The molecule has 1 N–H and O–H groups in total. The number of aromatic amines is 1. The number of H-pyrrole nitrogens is 1. The summed E-state index contributed by atoms with van der Waals surface area (Å²) >= 11 is 0. The Hall–Kier alpha value is -2.62. The molecule has 0 aliphatic heterocycles. The third-order valence-electron chi connectivity index (χ3n) is 3.39. The van der Waals surface area contributed by atoms with Crippen molar-refractivity contribution >= 4 is 10.9 Å². The van der Waals surface area contributed by atoms with Crippen LogP contribution in [-0.2, 0) is 6.61 Å². The van der Waals surface area contributed by atoms with Gasteiger partial charge in [0.25, 0.3) is 0 Å². The lowest BCUT2D eigenvalue weighted by Gasteiger charge is -2.11. The third kappa shape index (κ3) is 2.79. The van der Waals surface area contributed by atoms with E-state index >= 15 is 0 Å². The molecule has 0 atom stereocenters. The van der Waals surface area contributed by atoms with Crippen LogP contribution >= 0.6 is 0 Å². The number of nitrogens with one attached hydrogen (secondary N) is 1. The molecule has 0 spiro atoms. The summed E-state index contributed by atoms with van der Waals surface area (Å²) in [4.78, 5) is 3.16. The lowest BCUT2D eigenvalue weighted by Crippen LogP contribution is -1.98. The lowest BCUT2D eigenvalue weighted by molar-refractivity contribution is 0.285. The highest BCUT2D eigenvalue weighted by Gasteiger charge is 2.08. The molecule has 0 aliphatic rings. The molecule has 0 unspecified atom stereocenters. The summed E-state index contributed by atoms with van der Waals surface area (Å²) in [7, 11) is 3.30. The standard InChI is InChI=1S/C17H17NO3/c1-19-14-5-3-12(4-6-14)11-21-17-9-13-7-8-18-15(13)10-16(17)20-2/h3-10,18H,11H2,1-2H3. The van der Waals surface area contributed by atoms with Gasteiger partial charge in [-0.05, 0) is 29.8 Å². The van der Waals surface area contributed by atoms with Crippen LogP contribution in [-0.4, -0.2) is 19.2 Å². The van der Waals surface area contributed by atoms with Gasteiger partial charge in [0.1, 0.15) is 12.4 Å². The minimum atomic E-state index is 0.482. The summed E-state index contributed by atoms with van der Waals surface area (Å²) < 4.78 is 16.4. The molecule has 3 aromatic rings. The number of fused-ring (bicyclic) bond motifs is 1. The highest BCUT2D eigenvalue weighted by atomic mass is 16.5. The zero-order chi connectivity index (χ0) is 14.7. The third-order valence-corrected chi connectivity index (χ3v) is 3.39. The van der Waals surface area contributed by atoms with Crippen molar-refractivity contribution in [2.24, 2.45) is 0 Å². The van der Waals surface area contributed by atoms with E-state index in [1.165, 1.54) is 0 Å². The highest BCUT2D eigenvalue weighted by Crippen LogP contribution is 2.32. The first-order chi connectivity index (χ1) is 10.3. The van der Waals surface area contributed by atoms with Crippen molar-refractivity contribution < 1.29 is 14.2 Å². The zero-order valence-corrected chi connectivity index (χ0v) is 12.1. The van der Waals surface area contributed by atoms with E-state index in [-0.39, 0.29) is 0 Å². The summed E-state index contributed by atoms with van der Waals surface area (Å²) in [6.45, 7) is 0.482. The van der Waals surface area contributed by atoms with E-state index in [1.54, 1.807) is 14.2 Å². The maximum Gasteiger partial charge on any atom is 0.162 e. The summed E-state index contributed by atoms with van der Waals surface area (Å²) in [5.41, 5.74) is 2.11. The average Bonchev–Trinajstić information content (AvgIpc) is 2.99. The number of aromatic nitrogens is 1. The predicted molar refractivity (Wildman–Crippen MR) is 82.2 cm³/mol. The molecule has 0 aliphatic carbocycles. The molecule has 0 bridgehead atoms. The Labute approximate surface area is 123 Å². The van der Waals surface area contributed by atoms with Gasteiger partial charge in [-0.1, -0.05) is 12.1 Å². The van der Waals surface area contributed by atoms with Gasteiger partial charge in [0, 0.05) is 23.2 Å². The fourth-order valence-electron chi connectivity index (χ4n) is 2.21. The Bertz CT molecular complexity index is 731. The maximum absolute atomic E-state index is 5.89. The molecule has 4 heteroatoms. The van der Waals surface area contributed by atoms with Crippen LogP contribution in [0.15, 0.2) is 48.7 Å². The fourth-order valence-corrected chi connectivity index (χ4v) is 2.21. The van der Waals surface area contributed by atoms with E-state index in [4.69, 9.17) is 14.2 Å². The molecule has 0 fully saturated rings. The molecule has 4 nitrogen and oxygen atoms in total. The van der Waals surface area contributed by atoms with Gasteiger partial charge < -0.3 is 19.2 Å². The quantitative estimate of drug-likeness (QED) is 0.775. The van der Waals surface area contributed by atoms with E-state index in [2.05, 4.69) is 4.98 Å². The number of benzene rings is 2. The molecule has 0 amide bonds. The first kappa shape index (κ1) is 13.4. The first-order valence-electron chi connectivity index (χ1n) is 6.71. The fraction of sp³-hybridized carbons (Fsp3) is 0.176. The van der Waals surface area contributed by atoms with Crippen LogP contribution < -0.4 is 14.2 Å². The van der Waals surface area contributed by atoms with E-state index in [0.717, 1.165) is 33.7 Å². The summed E-state index contributed by atoms with van der Waals surface area (Å²) in [6.07, 6.45) is 1.90. The van der Waals surface area contributed by atoms with Crippen molar-refractivity contribution in [3.8, 4) is 17.2 Å². The van der Waals surface area contributed by atoms with Crippen LogP contribution in [0.2, 0.25) is 0 Å². The predicted octanol–water partition coefficient (Wildman–Crippen LogP) is 3.76. The largest absolute Gasteiger partial charge is 0.497 e. The van der Waals surface area contributed by atoms with Crippen molar-refractivity contribution in [2.45, 2.75) is 6.61 Å². The first-order valence-corrected chi connectivity index (χ1v) is 6.71. The van der Waals surface area contributed by atoms with Crippen LogP contribution in [0.3, 0.4) is 0 Å². The van der Waals surface area contributed by atoms with E-state index in [1.807, 2.05) is 48.7 Å². The van der Waals surface area contributed by atoms with Crippen molar-refractivity contribution in [3.05, 3.63) is 54.2 Å². The van der Waals surface area contributed by atoms with Crippen molar-refractivity contribution in [2.75, 3.05) is 14.2 Å². The molecule has 1 heterocycles. The second kappa shape index (κ2) is 5.79. The number of hydrogen-bond donors (Lipinski definition) is 1. The van der Waals surface area contributed by atoms with Gasteiger partial charge in [-0.15, -0.1) is 0 Å². The topological polar surface area (TPSA) is 43.5 Å². The minimum Gasteiger partial charge on any atom is -0.497 e. The number of methoxy groups -OCH3 is 2. The molecule has 0 saturated heterocycles. The minimum absolute atomic E-state index is 0.482. The summed E-state index contributed by atoms with van der Waals surface area (Å²) in [5, 5.41) is 1.10. The summed E-state index contributed by atoms with van der Waals surface area (Å²) in [6, 6.07) is 13.7. The second-order valence-corrected chi connectivity index (χ2v) is 4.70. The van der Waals surface area contributed by atoms with Crippen LogP contribution in [0.5, 0.6) is 17.2 Å². The van der Waals surface area contributed by atoms with Crippen LogP contribution in [0, 0.1) is 0 Å². The Kier molecular flexibility index (Phi) is 3.69. The molecule has 108 valence electrons. The number of rotatable bonds is 5. The number of hydrogen-bond acceptors (Lipinski definition) is 3. The van der Waals surface area contributed by atoms with E-state index in [0.29, 0.717) is 6.61 Å². The van der Waals surface area contributed by atoms with Gasteiger partial charge in [0.2, 0.25) is 0 Å². The second-order valence-electron chi connectivity index (χ2n) is 4.70. The van der Waals surface area contributed by atoms with E-state index in [9.17, 15) is 0 Å². The van der Waals surface area contributed by atoms with Crippen molar-refractivity contribution in [3.63, 3.8) is 0 Å². The molecule has 21 heavy (non-hydrogen) atoms. The SMILES string of the molecule is COc1ccc(COc2cc3cc[nH]c3cc2OC)cc1. The molecule has 3 rings (SSSR count). The molecular weight excluding hydrogens is 266 g/mol. The number of ether oxygens (including phenoxy) is 3. The highest BCUT2D eigenvalue weighted by molar-refractivity contribution is 5.83. The zero-order valence-electron chi connectivity index (χ0n) is 12.1. The molecule has 0 saturated carbocycles. The Morgan fingerprint density at radius 1 is 0.905 bits per heavy atom. The Morgan fingerprint density at radius 2 is 1.71 bits per heavy atom. The maximum atomic E-state index is 5.89. The summed E-state index contributed by atoms with van der Waals surface area (Å²) in [5.74, 6) is 2.30. The smallest absolute Gasteiger partial charge is 0.162 e. The Morgan fingerprint density at radius 3 is 2.43 bits per heavy atom. The molecular formula is C17H17NO3. The average molecular weight is 283 g/mol. The van der Waals surface area contributed by atoms with Gasteiger partial charge in [0.15, 0.2) is 11.5 Å². The van der Waals surface area contributed by atoms with Crippen molar-refractivity contribution in [1.29, 1.82) is 0 Å². The van der Waals surface area contributed by atoms with E-state index < -0.39 is 0 Å². The van der Waals surface area contributed by atoms with Gasteiger partial charge in [-0.25, -0.2) is 0 Å². The van der Waals surface area contributed by atoms with Crippen LogP contribution in [0.25, 0.3) is 10.9 Å². The lowest BCUT2D eigenvalue weighted by atomic mass is 10.2.